The van der Waals surface area contributed by atoms with Crippen molar-refractivity contribution in [3.05, 3.63) is 35.3 Å². The lowest BCUT2D eigenvalue weighted by Gasteiger charge is -2.59. The molecule has 0 saturated heterocycles. The predicted molar refractivity (Wildman–Crippen MR) is 87.6 cm³/mol. The van der Waals surface area contributed by atoms with Crippen molar-refractivity contribution in [2.24, 2.45) is 23.2 Å². The predicted octanol–water partition coefficient (Wildman–Crippen LogP) is 3.04. The number of hydrogen-bond donors (Lipinski definition) is 1. The Labute approximate surface area is 137 Å². The zero-order chi connectivity index (χ0) is 16.0. The largest absolute Gasteiger partial charge is 0.618 e. The summed E-state index contributed by atoms with van der Waals surface area (Å²) in [5.74, 6) is 2.39. The van der Waals surface area contributed by atoms with Crippen molar-refractivity contribution in [1.29, 1.82) is 0 Å². The lowest BCUT2D eigenvalue weighted by Crippen LogP contribution is -2.57. The fourth-order valence-electron chi connectivity index (χ4n) is 6.13. The molecule has 23 heavy (non-hydrogen) atoms. The highest BCUT2D eigenvalue weighted by Gasteiger charge is 2.54. The van der Waals surface area contributed by atoms with Crippen molar-refractivity contribution in [3.8, 4) is 0 Å². The minimum absolute atomic E-state index is 0.198. The van der Waals surface area contributed by atoms with Gasteiger partial charge < -0.3 is 10.5 Å². The molecule has 4 heteroatoms. The minimum Gasteiger partial charge on any atom is -0.618 e. The summed E-state index contributed by atoms with van der Waals surface area (Å²) in [6.07, 6.45) is 10.4. The quantitative estimate of drug-likeness (QED) is 0.686. The van der Waals surface area contributed by atoms with E-state index in [-0.39, 0.29) is 23.1 Å². The summed E-state index contributed by atoms with van der Waals surface area (Å²) in [4.78, 5) is 12.6. The normalized spacial score (nSPS) is 36.0. The second kappa shape index (κ2) is 5.50. The van der Waals surface area contributed by atoms with E-state index in [4.69, 9.17) is 0 Å². The molecule has 0 aromatic carbocycles. The highest BCUT2D eigenvalue weighted by Crippen LogP contribution is 2.61. The molecule has 1 atom stereocenters. The van der Waals surface area contributed by atoms with Gasteiger partial charge in [0.15, 0.2) is 6.20 Å². The highest BCUT2D eigenvalue weighted by molar-refractivity contribution is 5.91. The first-order valence-corrected chi connectivity index (χ1v) is 9.08. The molecule has 4 nitrogen and oxygen atoms in total. The van der Waals surface area contributed by atoms with Crippen molar-refractivity contribution in [1.82, 2.24) is 5.32 Å². The molecule has 1 aromatic heterocycles. The van der Waals surface area contributed by atoms with Crippen LogP contribution in [0.2, 0.25) is 0 Å². The second-order valence-electron chi connectivity index (χ2n) is 8.13. The summed E-state index contributed by atoms with van der Waals surface area (Å²) in [6.45, 7) is 2.17. The number of carbonyl (C=O) groups is 1. The van der Waals surface area contributed by atoms with Crippen molar-refractivity contribution in [2.45, 2.75) is 57.9 Å². The van der Waals surface area contributed by atoms with Gasteiger partial charge in [-0.1, -0.05) is 6.92 Å². The van der Waals surface area contributed by atoms with Crippen LogP contribution in [0.5, 0.6) is 0 Å². The molecule has 4 aliphatic rings. The van der Waals surface area contributed by atoms with Gasteiger partial charge in [0, 0.05) is 18.2 Å². The number of nitrogens with zero attached hydrogens (tertiary/aromatic N) is 1. The van der Waals surface area contributed by atoms with E-state index < -0.39 is 0 Å². The first kappa shape index (κ1) is 15.0. The molecule has 5 rings (SSSR count). The number of aromatic nitrogens is 1. The summed E-state index contributed by atoms with van der Waals surface area (Å²) < 4.78 is 0.668. The molecule has 124 valence electrons. The van der Waals surface area contributed by atoms with E-state index in [0.29, 0.717) is 4.73 Å². The molecule has 0 unspecified atom stereocenters. The van der Waals surface area contributed by atoms with Crippen molar-refractivity contribution < 1.29 is 9.52 Å². The maximum atomic E-state index is 12.6. The van der Waals surface area contributed by atoms with Crippen LogP contribution in [0.4, 0.5) is 0 Å². The minimum atomic E-state index is -0.219. The molecule has 0 spiro atoms. The number of carbonyl (C=O) groups excluding carboxylic acids is 1. The van der Waals surface area contributed by atoms with Crippen LogP contribution in [-0.4, -0.2) is 11.9 Å². The number of rotatable bonds is 4. The molecular weight excluding hydrogens is 288 g/mol. The molecule has 4 aliphatic carbocycles. The molecule has 4 fully saturated rings. The lowest BCUT2D eigenvalue weighted by atomic mass is 9.47. The van der Waals surface area contributed by atoms with E-state index in [9.17, 15) is 10.0 Å². The summed E-state index contributed by atoms with van der Waals surface area (Å²) in [6, 6.07) is 5.20. The van der Waals surface area contributed by atoms with Crippen molar-refractivity contribution >= 4 is 5.91 Å². The zero-order valence-corrected chi connectivity index (χ0v) is 13.8. The standard InChI is InChI=1S/C19H26N2O2/c1-2-17(20-18(22)16-5-3-4-6-21(16)23)19-10-13-7-14(11-19)9-15(8-13)12-19/h3-6,13-15,17H,2,7-12H2,1H3,(H,20,22)/t13?,14?,15?,17-,19?/m1/s1. The average Bonchev–Trinajstić information content (AvgIpc) is 2.51. The van der Waals surface area contributed by atoms with Gasteiger partial charge in [0.25, 0.3) is 5.69 Å². The van der Waals surface area contributed by atoms with Gasteiger partial charge in [-0.05, 0) is 74.2 Å². The number of amides is 1. The van der Waals surface area contributed by atoms with E-state index in [1.807, 2.05) is 0 Å². The van der Waals surface area contributed by atoms with Gasteiger partial charge >= 0.3 is 5.91 Å². The second-order valence-corrected chi connectivity index (χ2v) is 8.13. The first-order valence-electron chi connectivity index (χ1n) is 9.08. The van der Waals surface area contributed by atoms with Gasteiger partial charge in [0.1, 0.15) is 0 Å². The van der Waals surface area contributed by atoms with Crippen LogP contribution in [-0.2, 0) is 0 Å². The van der Waals surface area contributed by atoms with Crippen molar-refractivity contribution in [2.75, 3.05) is 0 Å². The molecule has 1 aromatic rings. The lowest BCUT2D eigenvalue weighted by molar-refractivity contribution is -0.607. The smallest absolute Gasteiger partial charge is 0.317 e. The van der Waals surface area contributed by atoms with E-state index >= 15 is 0 Å². The number of nitrogens with one attached hydrogen (secondary N) is 1. The van der Waals surface area contributed by atoms with Gasteiger partial charge in [-0.3, -0.25) is 4.79 Å². The van der Waals surface area contributed by atoms with Crippen LogP contribution < -0.4 is 10.0 Å². The van der Waals surface area contributed by atoms with Crippen LogP contribution >= 0.6 is 0 Å². The molecule has 4 bridgehead atoms. The van der Waals surface area contributed by atoms with Crippen LogP contribution in [0, 0.1) is 28.4 Å². The van der Waals surface area contributed by atoms with Crippen LogP contribution in [0.3, 0.4) is 0 Å². The summed E-state index contributed by atoms with van der Waals surface area (Å²) in [5, 5.41) is 15.1. The third kappa shape index (κ3) is 2.52. The molecule has 1 amide bonds. The van der Waals surface area contributed by atoms with E-state index in [1.54, 1.807) is 18.2 Å². The fourth-order valence-corrected chi connectivity index (χ4v) is 6.13. The monoisotopic (exact) mass is 314 g/mol. The maximum absolute atomic E-state index is 12.6. The van der Waals surface area contributed by atoms with Crippen LogP contribution in [0.1, 0.15) is 62.4 Å². The Bertz CT molecular complexity index is 578. The van der Waals surface area contributed by atoms with Crippen LogP contribution in [0.25, 0.3) is 0 Å². The first-order chi connectivity index (χ1) is 11.1. The van der Waals surface area contributed by atoms with Gasteiger partial charge in [0.2, 0.25) is 0 Å². The maximum Gasteiger partial charge on any atom is 0.317 e. The summed E-state index contributed by atoms with van der Waals surface area (Å²) >= 11 is 0. The molecular formula is C19H26N2O2. The summed E-state index contributed by atoms with van der Waals surface area (Å²) in [7, 11) is 0. The Balaban J connectivity index is 1.55. The number of pyridine rings is 1. The fraction of sp³-hybridized carbons (Fsp3) is 0.684. The van der Waals surface area contributed by atoms with Gasteiger partial charge in [0.05, 0.1) is 0 Å². The molecule has 1 N–H and O–H groups in total. The Kier molecular flexibility index (Phi) is 3.58. The Morgan fingerprint density at radius 3 is 2.39 bits per heavy atom. The van der Waals surface area contributed by atoms with Crippen molar-refractivity contribution in [3.63, 3.8) is 0 Å². The van der Waals surface area contributed by atoms with E-state index in [0.717, 1.165) is 24.2 Å². The molecule has 0 aliphatic heterocycles. The highest BCUT2D eigenvalue weighted by atomic mass is 16.5. The SMILES string of the molecule is CC[C@@H](NC(=O)c1cccc[n+]1[O-])C12CC3CC(CC(C3)C1)C2. The molecule has 4 saturated carbocycles. The molecule has 0 radical (unpaired) electrons. The Hall–Kier alpha value is -1.58. The third-order valence-electron chi connectivity index (χ3n) is 6.60. The van der Waals surface area contributed by atoms with Gasteiger partial charge in [-0.25, -0.2) is 0 Å². The Morgan fingerprint density at radius 2 is 1.87 bits per heavy atom. The summed E-state index contributed by atoms with van der Waals surface area (Å²) in [5.41, 5.74) is 0.484. The van der Waals surface area contributed by atoms with Gasteiger partial charge in [-0.15, -0.1) is 0 Å². The van der Waals surface area contributed by atoms with E-state index in [2.05, 4.69) is 12.2 Å². The van der Waals surface area contributed by atoms with E-state index in [1.165, 1.54) is 44.7 Å². The topological polar surface area (TPSA) is 56.0 Å². The molecule has 1 heterocycles. The number of hydrogen-bond acceptors (Lipinski definition) is 2. The third-order valence-corrected chi connectivity index (χ3v) is 6.60. The zero-order valence-electron chi connectivity index (χ0n) is 13.8. The van der Waals surface area contributed by atoms with Gasteiger partial charge in [-0.2, -0.15) is 4.73 Å². The van der Waals surface area contributed by atoms with Crippen LogP contribution in [0.15, 0.2) is 24.4 Å². The Morgan fingerprint density at radius 1 is 1.26 bits per heavy atom. The average molecular weight is 314 g/mol.